The Morgan fingerprint density at radius 1 is 1.30 bits per heavy atom. The molecule has 0 fully saturated rings. The van der Waals surface area contributed by atoms with Crippen molar-refractivity contribution in [2.45, 2.75) is 19.8 Å². The predicted molar refractivity (Wildman–Crippen MR) is 81.3 cm³/mol. The van der Waals surface area contributed by atoms with E-state index in [1.165, 1.54) is 0 Å². The Labute approximate surface area is 121 Å². The van der Waals surface area contributed by atoms with Crippen molar-refractivity contribution in [3.63, 3.8) is 0 Å². The number of aromatic amines is 1. The average molecular weight is 285 g/mol. The van der Waals surface area contributed by atoms with Crippen LogP contribution in [0.15, 0.2) is 36.0 Å². The second-order valence-electron chi connectivity index (χ2n) is 4.73. The van der Waals surface area contributed by atoms with Crippen LogP contribution in [0.2, 0.25) is 0 Å². The minimum atomic E-state index is 0.390. The minimum absolute atomic E-state index is 0.390. The topological polar surface area (TPSA) is 66.5 Å². The Balaban J connectivity index is 1.85. The van der Waals surface area contributed by atoms with Gasteiger partial charge in [-0.05, 0) is 18.1 Å². The van der Waals surface area contributed by atoms with Crippen molar-refractivity contribution in [2.75, 3.05) is 5.32 Å². The molecule has 0 saturated heterocycles. The van der Waals surface area contributed by atoms with E-state index in [1.54, 1.807) is 17.5 Å². The lowest BCUT2D eigenvalue weighted by atomic mass is 10.1. The molecule has 3 rings (SSSR count). The van der Waals surface area contributed by atoms with Gasteiger partial charge in [-0.15, -0.1) is 11.3 Å². The number of anilines is 2. The fourth-order valence-corrected chi connectivity index (χ4v) is 2.66. The molecule has 3 heterocycles. The summed E-state index contributed by atoms with van der Waals surface area (Å²) in [7, 11) is 0. The van der Waals surface area contributed by atoms with Gasteiger partial charge in [0.15, 0.2) is 5.13 Å². The number of H-pyrrole nitrogens is 1. The molecule has 3 aromatic heterocycles. The minimum Gasteiger partial charge on any atom is -0.316 e. The van der Waals surface area contributed by atoms with Crippen LogP contribution in [0.3, 0.4) is 0 Å². The van der Waals surface area contributed by atoms with Gasteiger partial charge in [-0.2, -0.15) is 5.10 Å². The normalized spacial score (nSPS) is 10.9. The van der Waals surface area contributed by atoms with Crippen molar-refractivity contribution < 1.29 is 0 Å². The van der Waals surface area contributed by atoms with Crippen molar-refractivity contribution in [1.29, 1.82) is 0 Å². The molecule has 0 aromatic carbocycles. The molecule has 0 unspecified atom stereocenters. The molecule has 5 nitrogen and oxygen atoms in total. The molecule has 0 spiro atoms. The number of aromatic nitrogens is 4. The van der Waals surface area contributed by atoms with E-state index in [2.05, 4.69) is 39.3 Å². The maximum Gasteiger partial charge on any atom is 0.188 e. The van der Waals surface area contributed by atoms with Crippen LogP contribution in [0.5, 0.6) is 0 Å². The van der Waals surface area contributed by atoms with Gasteiger partial charge in [0.25, 0.3) is 0 Å². The van der Waals surface area contributed by atoms with Crippen LogP contribution in [0.1, 0.15) is 25.5 Å². The van der Waals surface area contributed by atoms with Crippen LogP contribution < -0.4 is 5.32 Å². The first-order chi connectivity index (χ1) is 9.74. The summed E-state index contributed by atoms with van der Waals surface area (Å²) in [5.41, 5.74) is 3.11. The lowest BCUT2D eigenvalue weighted by Crippen LogP contribution is -1.93. The molecular weight excluding hydrogens is 270 g/mol. The van der Waals surface area contributed by atoms with E-state index in [0.717, 1.165) is 27.9 Å². The maximum absolute atomic E-state index is 4.60. The van der Waals surface area contributed by atoms with E-state index in [-0.39, 0.29) is 0 Å². The molecule has 0 bridgehead atoms. The highest BCUT2D eigenvalue weighted by Gasteiger charge is 2.13. The molecule has 102 valence electrons. The third-order valence-electron chi connectivity index (χ3n) is 2.93. The third-order valence-corrected chi connectivity index (χ3v) is 3.68. The molecule has 6 heteroatoms. The van der Waals surface area contributed by atoms with Crippen LogP contribution in [0, 0.1) is 0 Å². The number of thiazole rings is 1. The number of hydrogen-bond donors (Lipinski definition) is 2. The zero-order chi connectivity index (χ0) is 13.9. The van der Waals surface area contributed by atoms with Crippen molar-refractivity contribution in [2.24, 2.45) is 0 Å². The molecule has 3 aromatic rings. The van der Waals surface area contributed by atoms with Crippen LogP contribution in [-0.4, -0.2) is 20.2 Å². The van der Waals surface area contributed by atoms with Crippen LogP contribution in [0.25, 0.3) is 11.3 Å². The number of pyridine rings is 1. The van der Waals surface area contributed by atoms with Gasteiger partial charge in [0.05, 0.1) is 11.9 Å². The quantitative estimate of drug-likeness (QED) is 0.765. The van der Waals surface area contributed by atoms with Gasteiger partial charge >= 0.3 is 0 Å². The zero-order valence-electron chi connectivity index (χ0n) is 11.3. The van der Waals surface area contributed by atoms with Gasteiger partial charge in [-0.1, -0.05) is 19.9 Å². The first kappa shape index (κ1) is 12.8. The molecule has 0 aliphatic carbocycles. The predicted octanol–water partition coefficient (Wildman–Crippen LogP) is 3.80. The highest BCUT2D eigenvalue weighted by atomic mass is 32.1. The first-order valence-corrected chi connectivity index (χ1v) is 7.29. The highest BCUT2D eigenvalue weighted by molar-refractivity contribution is 7.14. The second kappa shape index (κ2) is 5.42. The monoisotopic (exact) mass is 285 g/mol. The van der Waals surface area contributed by atoms with Crippen LogP contribution in [0.4, 0.5) is 10.9 Å². The lowest BCUT2D eigenvalue weighted by Gasteiger charge is -2.03. The number of hydrogen-bond acceptors (Lipinski definition) is 5. The summed E-state index contributed by atoms with van der Waals surface area (Å²) in [5, 5.41) is 13.2. The summed E-state index contributed by atoms with van der Waals surface area (Å²) in [6.45, 7) is 4.27. The van der Waals surface area contributed by atoms with E-state index in [1.807, 2.05) is 29.8 Å². The number of rotatable bonds is 4. The summed E-state index contributed by atoms with van der Waals surface area (Å²) in [4.78, 5) is 8.83. The van der Waals surface area contributed by atoms with Gasteiger partial charge < -0.3 is 5.32 Å². The Morgan fingerprint density at radius 2 is 2.20 bits per heavy atom. The first-order valence-electron chi connectivity index (χ1n) is 6.41. The summed E-state index contributed by atoms with van der Waals surface area (Å²) in [5.74, 6) is 1.19. The maximum atomic E-state index is 4.60. The Morgan fingerprint density at radius 3 is 2.95 bits per heavy atom. The van der Waals surface area contributed by atoms with E-state index in [0.29, 0.717) is 5.92 Å². The molecular formula is C14H15N5S. The molecule has 20 heavy (non-hydrogen) atoms. The highest BCUT2D eigenvalue weighted by Crippen LogP contribution is 2.30. The number of nitrogens with zero attached hydrogens (tertiary/aromatic N) is 3. The van der Waals surface area contributed by atoms with E-state index >= 15 is 0 Å². The van der Waals surface area contributed by atoms with Crippen molar-refractivity contribution in [3.8, 4) is 11.3 Å². The van der Waals surface area contributed by atoms with E-state index in [4.69, 9.17) is 0 Å². The summed E-state index contributed by atoms with van der Waals surface area (Å²) in [6, 6.07) is 5.74. The van der Waals surface area contributed by atoms with Crippen molar-refractivity contribution in [1.82, 2.24) is 20.2 Å². The van der Waals surface area contributed by atoms with Gasteiger partial charge in [0.1, 0.15) is 5.82 Å². The third kappa shape index (κ3) is 2.55. The average Bonchev–Trinajstić information content (AvgIpc) is 3.07. The Hall–Kier alpha value is -2.21. The molecule has 0 atom stereocenters. The van der Waals surface area contributed by atoms with Gasteiger partial charge in [-0.25, -0.2) is 9.97 Å². The fourth-order valence-electron chi connectivity index (χ4n) is 1.94. The van der Waals surface area contributed by atoms with Gasteiger partial charge in [0.2, 0.25) is 0 Å². The summed E-state index contributed by atoms with van der Waals surface area (Å²) < 4.78 is 0. The molecule has 0 amide bonds. The fraction of sp³-hybridized carbons (Fsp3) is 0.214. The summed E-state index contributed by atoms with van der Waals surface area (Å²) in [6.07, 6.45) is 3.58. The standard InChI is InChI=1S/C14H15N5S/c1-9(2)13-10(7-16-19-13)11-8-20-14(17-11)18-12-5-3-4-6-15-12/h3-9H,1-2H3,(H,16,19)(H,15,17,18). The zero-order valence-corrected chi connectivity index (χ0v) is 12.1. The van der Waals surface area contributed by atoms with Crippen molar-refractivity contribution in [3.05, 3.63) is 41.7 Å². The lowest BCUT2D eigenvalue weighted by molar-refractivity contribution is 0.812. The largest absolute Gasteiger partial charge is 0.316 e. The molecule has 2 N–H and O–H groups in total. The summed E-state index contributed by atoms with van der Waals surface area (Å²) >= 11 is 1.56. The van der Waals surface area contributed by atoms with Gasteiger partial charge in [-0.3, -0.25) is 5.10 Å². The Kier molecular flexibility index (Phi) is 3.47. The molecule has 0 aliphatic rings. The number of nitrogens with one attached hydrogen (secondary N) is 2. The Bertz CT molecular complexity index is 686. The smallest absolute Gasteiger partial charge is 0.188 e. The van der Waals surface area contributed by atoms with Crippen molar-refractivity contribution >= 4 is 22.3 Å². The molecule has 0 saturated carbocycles. The molecule has 0 aliphatic heterocycles. The van der Waals surface area contributed by atoms with Gasteiger partial charge in [0, 0.05) is 22.8 Å². The van der Waals surface area contributed by atoms with Crippen LogP contribution in [-0.2, 0) is 0 Å². The van der Waals surface area contributed by atoms with E-state index in [9.17, 15) is 0 Å². The molecule has 0 radical (unpaired) electrons. The second-order valence-corrected chi connectivity index (χ2v) is 5.59. The SMILES string of the molecule is CC(C)c1[nH]ncc1-c1csc(Nc2ccccn2)n1. The van der Waals surface area contributed by atoms with E-state index < -0.39 is 0 Å². The van der Waals surface area contributed by atoms with Crippen LogP contribution >= 0.6 is 11.3 Å².